The van der Waals surface area contributed by atoms with E-state index >= 15 is 0 Å². The molecule has 0 N–H and O–H groups in total. The predicted molar refractivity (Wildman–Crippen MR) is 204 cm³/mol. The molecule has 0 amide bonds. The topological polar surface area (TPSA) is 83.1 Å². The van der Waals surface area contributed by atoms with Gasteiger partial charge in [-0.25, -0.2) is 0 Å². The van der Waals surface area contributed by atoms with E-state index in [9.17, 15) is 0 Å². The molecule has 0 aliphatic carbocycles. The number of hydrogen-bond donors (Lipinski definition) is 0. The van der Waals surface area contributed by atoms with Crippen LogP contribution in [0.25, 0.3) is 0 Å². The minimum Gasteiger partial charge on any atom is -0.412 e. The first-order valence-corrected chi connectivity index (χ1v) is 27.2. The van der Waals surface area contributed by atoms with Gasteiger partial charge in [0.25, 0.3) is 0 Å². The average Bonchev–Trinajstić information content (AvgIpc) is 3.03. The third kappa shape index (κ3) is 15.7. The van der Waals surface area contributed by atoms with Crippen molar-refractivity contribution in [2.24, 2.45) is 0 Å². The van der Waals surface area contributed by atoms with Crippen LogP contribution < -0.4 is 0 Å². The monoisotopic (exact) mass is 742 g/mol. The third-order valence-corrected chi connectivity index (χ3v) is 28.2. The molecule has 9 nitrogen and oxygen atoms in total. The second-order valence-electron chi connectivity index (χ2n) is 14.2. The van der Waals surface area contributed by atoms with Crippen LogP contribution >= 0.6 is 0 Å². The highest BCUT2D eigenvalue weighted by Crippen LogP contribution is 2.41. The number of rotatable bonds is 32. The van der Waals surface area contributed by atoms with Gasteiger partial charge in [0.1, 0.15) is 0 Å². The van der Waals surface area contributed by atoms with Gasteiger partial charge in [-0.15, -0.1) is 0 Å². The Labute approximate surface area is 295 Å². The molecule has 4 unspecified atom stereocenters. The average molecular weight is 743 g/mol. The summed E-state index contributed by atoms with van der Waals surface area (Å²) in [4.78, 5) is 0. The lowest BCUT2D eigenvalue weighted by Gasteiger charge is -2.50. The molecular formula is C34H78O9Si4. The second-order valence-corrected chi connectivity index (χ2v) is 29.7. The highest BCUT2D eigenvalue weighted by molar-refractivity contribution is 6.91. The van der Waals surface area contributed by atoms with Crippen LogP contribution in [-0.2, 0) is 40.1 Å². The summed E-state index contributed by atoms with van der Waals surface area (Å²) >= 11 is 0. The van der Waals surface area contributed by atoms with Gasteiger partial charge in [-0.05, 0) is 47.8 Å². The van der Waals surface area contributed by atoms with Crippen LogP contribution in [0.4, 0.5) is 0 Å². The highest BCUT2D eigenvalue weighted by atomic mass is 28.5. The smallest absolute Gasteiger partial charge is 0.358 e. The van der Waals surface area contributed by atoms with Crippen molar-refractivity contribution in [3.8, 4) is 0 Å². The molecule has 47 heavy (non-hydrogen) atoms. The van der Waals surface area contributed by atoms with Gasteiger partial charge in [0.15, 0.2) is 0 Å². The van der Waals surface area contributed by atoms with Crippen LogP contribution in [-0.4, -0.2) is 99.8 Å². The summed E-state index contributed by atoms with van der Waals surface area (Å²) in [6.07, 6.45) is 9.88. The second kappa shape index (κ2) is 25.5. The van der Waals surface area contributed by atoms with E-state index in [4.69, 9.17) is 40.1 Å². The van der Waals surface area contributed by atoms with E-state index in [1.54, 1.807) is 14.2 Å². The van der Waals surface area contributed by atoms with Gasteiger partial charge < -0.3 is 40.1 Å². The predicted octanol–water partition coefficient (Wildman–Crippen LogP) is 9.16. The third-order valence-electron chi connectivity index (χ3n) is 9.03. The summed E-state index contributed by atoms with van der Waals surface area (Å²) in [6.45, 7) is 28.9. The molecule has 13 heteroatoms. The van der Waals surface area contributed by atoms with E-state index in [0.29, 0.717) is 51.3 Å². The molecule has 0 spiro atoms. The first-order valence-electron chi connectivity index (χ1n) is 18.8. The molecular weight excluding hydrogens is 665 g/mol. The molecule has 0 aliphatic rings. The molecule has 0 saturated heterocycles. The fourth-order valence-electron chi connectivity index (χ4n) is 4.99. The molecule has 0 radical (unpaired) electrons. The first kappa shape index (κ1) is 47.5. The van der Waals surface area contributed by atoms with Crippen molar-refractivity contribution >= 4 is 34.2 Å². The summed E-state index contributed by atoms with van der Waals surface area (Å²) in [5.41, 5.74) is 0.351. The molecule has 0 rings (SSSR count). The van der Waals surface area contributed by atoms with Crippen molar-refractivity contribution in [3.63, 3.8) is 0 Å². The summed E-state index contributed by atoms with van der Waals surface area (Å²) in [6, 6.07) is 0. The summed E-state index contributed by atoms with van der Waals surface area (Å²) < 4.78 is 61.3. The molecule has 0 heterocycles. The molecule has 0 aromatic carbocycles. The normalized spacial score (nSPS) is 17.7. The lowest BCUT2D eigenvalue weighted by atomic mass is 10.4. The van der Waals surface area contributed by atoms with Crippen molar-refractivity contribution < 1.29 is 40.1 Å². The van der Waals surface area contributed by atoms with Gasteiger partial charge >= 0.3 is 34.2 Å². The molecule has 0 bridgehead atoms. The first-order chi connectivity index (χ1) is 22.3. The molecule has 0 aromatic heterocycles. The maximum absolute atomic E-state index is 7.76. The quantitative estimate of drug-likeness (QED) is 0.0495. The Morgan fingerprint density at radius 3 is 0.766 bits per heavy atom. The number of hydrogen-bond acceptors (Lipinski definition) is 9. The lowest BCUT2D eigenvalue weighted by molar-refractivity contribution is 0.0880. The van der Waals surface area contributed by atoms with E-state index in [1.165, 1.54) is 0 Å². The minimum atomic E-state index is -3.25. The van der Waals surface area contributed by atoms with Crippen molar-refractivity contribution in [2.45, 2.75) is 157 Å². The molecule has 0 aliphatic heterocycles. The standard InChI is InChI=1S/C34H78O9Si4/c1-15-19-23-37-27-44(35-13,31(5)6)41-46(33(9)10,29-39-25-21-17-3)43-47(34(11)12,30-40-26-22-18-4)42-45(36-14,32(7)8)28-38-24-20-16-2/h31-34H,15-30H2,1-14H3. The number of ether oxygens (including phenoxy) is 4. The van der Waals surface area contributed by atoms with Crippen LogP contribution in [0.5, 0.6) is 0 Å². The zero-order valence-electron chi connectivity index (χ0n) is 33.3. The van der Waals surface area contributed by atoms with E-state index < -0.39 is 34.2 Å². The maximum atomic E-state index is 7.76. The van der Waals surface area contributed by atoms with E-state index in [1.807, 2.05) is 0 Å². The van der Waals surface area contributed by atoms with E-state index in [0.717, 1.165) is 51.4 Å². The molecule has 0 aromatic rings. The van der Waals surface area contributed by atoms with Crippen molar-refractivity contribution in [1.29, 1.82) is 0 Å². The van der Waals surface area contributed by atoms with Gasteiger partial charge in [-0.3, -0.25) is 0 Å². The Hall–Kier alpha value is 0.508. The van der Waals surface area contributed by atoms with Crippen molar-refractivity contribution in [3.05, 3.63) is 0 Å². The van der Waals surface area contributed by atoms with Gasteiger partial charge in [-0.2, -0.15) is 0 Å². The molecule has 0 fully saturated rings. The Morgan fingerprint density at radius 2 is 0.574 bits per heavy atom. The van der Waals surface area contributed by atoms with Gasteiger partial charge in [0.05, 0.1) is 24.9 Å². The Bertz CT molecular complexity index is 707. The van der Waals surface area contributed by atoms with Crippen molar-refractivity contribution in [2.75, 3.05) is 65.6 Å². The minimum absolute atomic E-state index is 0.0453. The van der Waals surface area contributed by atoms with E-state index in [2.05, 4.69) is 83.1 Å². The largest absolute Gasteiger partial charge is 0.412 e. The highest BCUT2D eigenvalue weighted by Gasteiger charge is 2.61. The SMILES string of the molecule is CCCCOC[Si](OC)(O[Si](COCCCC)(O[Si](COCCCC)(O[Si](COCCCC)(OC)C(C)C)C(C)C)C(C)C)C(C)C. The Balaban J connectivity index is 7.27. The zero-order chi connectivity index (χ0) is 36.0. The zero-order valence-corrected chi connectivity index (χ0v) is 37.3. The van der Waals surface area contributed by atoms with Gasteiger partial charge in [0.2, 0.25) is 0 Å². The molecule has 4 atom stereocenters. The van der Waals surface area contributed by atoms with Crippen LogP contribution in [0.1, 0.15) is 134 Å². The maximum Gasteiger partial charge on any atom is 0.358 e. The van der Waals surface area contributed by atoms with E-state index in [-0.39, 0.29) is 22.2 Å². The molecule has 284 valence electrons. The summed E-state index contributed by atoms with van der Waals surface area (Å²) in [5, 5.41) is 0. The molecule has 0 saturated carbocycles. The van der Waals surface area contributed by atoms with Crippen molar-refractivity contribution in [1.82, 2.24) is 0 Å². The summed E-state index contributed by atoms with van der Waals surface area (Å²) in [7, 11) is -8.84. The number of unbranched alkanes of at least 4 members (excludes halogenated alkanes) is 4. The fourth-order valence-corrected chi connectivity index (χ4v) is 25.1. The summed E-state index contributed by atoms with van der Waals surface area (Å²) in [5.74, 6) is 0. The van der Waals surface area contributed by atoms with Gasteiger partial charge in [0, 0.05) is 40.6 Å². The Kier molecular flexibility index (Phi) is 25.7. The van der Waals surface area contributed by atoms with Crippen LogP contribution in [0, 0.1) is 0 Å². The fraction of sp³-hybridized carbons (Fsp3) is 1.00. The van der Waals surface area contributed by atoms with Crippen LogP contribution in [0.15, 0.2) is 0 Å². The van der Waals surface area contributed by atoms with Crippen LogP contribution in [0.3, 0.4) is 0 Å². The van der Waals surface area contributed by atoms with Gasteiger partial charge in [-0.1, -0.05) is 109 Å². The lowest BCUT2D eigenvalue weighted by Crippen LogP contribution is -2.71. The van der Waals surface area contributed by atoms with Crippen LogP contribution in [0.2, 0.25) is 22.2 Å². The Morgan fingerprint density at radius 1 is 0.362 bits per heavy atom.